The second kappa shape index (κ2) is 6.99. The average Bonchev–Trinajstić information content (AvgIpc) is 3.02. The number of rotatable bonds is 4. The Morgan fingerprint density at radius 3 is 2.68 bits per heavy atom. The Morgan fingerprint density at radius 2 is 2.00 bits per heavy atom. The standard InChI is InChI=1S/C20H25F2NO4S/c1-26-17-10-15-12(9-18(17)27-28(23,24)25)4-5-14-13(15)6-8-20(11-19(21)22)7-2-3-16(14)20/h9-11,13-14,16H,2-8H2,1H3,(H2,23,24,25)/t13-,14+,16-,20-/m0/s1. The molecule has 2 N–H and O–H groups in total. The maximum absolute atomic E-state index is 13.2. The highest BCUT2D eigenvalue weighted by Gasteiger charge is 2.52. The monoisotopic (exact) mass is 413 g/mol. The molecule has 8 heteroatoms. The summed E-state index contributed by atoms with van der Waals surface area (Å²) in [6.07, 6.45) is 5.77. The van der Waals surface area contributed by atoms with Gasteiger partial charge >= 0.3 is 10.3 Å². The molecule has 0 heterocycles. The lowest BCUT2D eigenvalue weighted by Crippen LogP contribution is -2.40. The highest BCUT2D eigenvalue weighted by molar-refractivity contribution is 7.84. The molecule has 0 spiro atoms. The van der Waals surface area contributed by atoms with Crippen molar-refractivity contribution in [3.63, 3.8) is 0 Å². The van der Waals surface area contributed by atoms with Crippen molar-refractivity contribution in [3.8, 4) is 11.5 Å². The van der Waals surface area contributed by atoms with Gasteiger partial charge in [0, 0.05) is 0 Å². The van der Waals surface area contributed by atoms with Gasteiger partial charge < -0.3 is 8.92 Å². The van der Waals surface area contributed by atoms with Crippen LogP contribution >= 0.6 is 0 Å². The van der Waals surface area contributed by atoms with E-state index >= 15 is 0 Å². The number of aryl methyl sites for hydroxylation is 1. The molecule has 28 heavy (non-hydrogen) atoms. The van der Waals surface area contributed by atoms with Gasteiger partial charge in [0.1, 0.15) is 0 Å². The molecule has 2 saturated carbocycles. The van der Waals surface area contributed by atoms with Crippen LogP contribution in [0.15, 0.2) is 24.3 Å². The predicted octanol–water partition coefficient (Wildman–Crippen LogP) is 4.28. The molecular weight excluding hydrogens is 388 g/mol. The molecule has 3 aliphatic carbocycles. The first kappa shape index (κ1) is 19.6. The Labute approximate surface area is 164 Å². The van der Waals surface area contributed by atoms with Gasteiger partial charge in [-0.2, -0.15) is 22.3 Å². The van der Waals surface area contributed by atoms with Crippen LogP contribution in [0.1, 0.15) is 55.6 Å². The zero-order valence-electron chi connectivity index (χ0n) is 15.8. The molecular formula is C20H25F2NO4S. The number of hydrogen-bond donors (Lipinski definition) is 1. The van der Waals surface area contributed by atoms with E-state index in [1.807, 2.05) is 6.07 Å². The van der Waals surface area contributed by atoms with Gasteiger partial charge in [-0.05, 0) is 91.0 Å². The molecule has 0 saturated heterocycles. The van der Waals surface area contributed by atoms with Gasteiger partial charge in [-0.15, -0.1) is 0 Å². The first-order valence-corrected chi connectivity index (χ1v) is 11.2. The summed E-state index contributed by atoms with van der Waals surface area (Å²) in [6, 6.07) is 3.55. The summed E-state index contributed by atoms with van der Waals surface area (Å²) in [6.45, 7) is 0. The number of allylic oxidation sites excluding steroid dienone is 1. The minimum absolute atomic E-state index is 0.0932. The summed E-state index contributed by atoms with van der Waals surface area (Å²) in [5.74, 6) is 1.32. The van der Waals surface area contributed by atoms with Crippen LogP contribution in [0.2, 0.25) is 0 Å². The normalized spacial score (nSPS) is 31.4. The van der Waals surface area contributed by atoms with Gasteiger partial charge in [0.15, 0.2) is 11.5 Å². The predicted molar refractivity (Wildman–Crippen MR) is 101 cm³/mol. The Kier molecular flexibility index (Phi) is 4.90. The summed E-state index contributed by atoms with van der Waals surface area (Å²) >= 11 is 0. The third-order valence-electron chi connectivity index (χ3n) is 7.02. The third-order valence-corrected chi connectivity index (χ3v) is 7.44. The minimum Gasteiger partial charge on any atom is -0.493 e. The fraction of sp³-hybridized carbons (Fsp3) is 0.600. The summed E-state index contributed by atoms with van der Waals surface area (Å²) in [5.41, 5.74) is 1.79. The number of benzene rings is 1. The van der Waals surface area contributed by atoms with E-state index in [0.717, 1.165) is 56.1 Å². The van der Waals surface area contributed by atoms with Gasteiger partial charge in [0.05, 0.1) is 7.11 Å². The molecule has 1 aromatic carbocycles. The number of fused-ring (bicyclic) bond motifs is 5. The molecule has 0 amide bonds. The Bertz CT molecular complexity index is 913. The SMILES string of the molecule is COc1cc2c(cc1OS(N)(=O)=O)CC[C@@H]1[C@@H]2CC[C@]2(C=C(F)F)CCC[C@@H]12. The molecule has 4 atom stereocenters. The van der Waals surface area contributed by atoms with Crippen molar-refractivity contribution in [3.05, 3.63) is 35.4 Å². The van der Waals surface area contributed by atoms with Crippen LogP contribution in [0, 0.1) is 17.3 Å². The highest BCUT2D eigenvalue weighted by Crippen LogP contribution is 2.62. The van der Waals surface area contributed by atoms with E-state index in [1.165, 1.54) is 13.2 Å². The molecule has 3 aliphatic rings. The van der Waals surface area contributed by atoms with Gasteiger partial charge in [-0.25, -0.2) is 0 Å². The largest absolute Gasteiger partial charge is 0.493 e. The molecule has 1 aromatic rings. The lowest BCUT2D eigenvalue weighted by atomic mass is 9.55. The Morgan fingerprint density at radius 1 is 1.21 bits per heavy atom. The lowest BCUT2D eigenvalue weighted by Gasteiger charge is -2.49. The summed E-state index contributed by atoms with van der Waals surface area (Å²) in [4.78, 5) is 0. The zero-order chi connectivity index (χ0) is 20.1. The van der Waals surface area contributed by atoms with Gasteiger partial charge in [0.25, 0.3) is 6.08 Å². The Balaban J connectivity index is 1.70. The maximum atomic E-state index is 13.2. The van der Waals surface area contributed by atoms with Crippen LogP contribution in [-0.4, -0.2) is 15.5 Å². The lowest BCUT2D eigenvalue weighted by molar-refractivity contribution is 0.0791. The summed E-state index contributed by atoms with van der Waals surface area (Å²) < 4.78 is 59.3. The van der Waals surface area contributed by atoms with Gasteiger partial charge in [0.2, 0.25) is 0 Å². The second-order valence-electron chi connectivity index (χ2n) is 8.29. The van der Waals surface area contributed by atoms with Crippen molar-refractivity contribution >= 4 is 10.3 Å². The molecule has 2 fully saturated rings. The summed E-state index contributed by atoms with van der Waals surface area (Å²) in [7, 11) is -2.69. The van der Waals surface area contributed by atoms with Crippen molar-refractivity contribution in [2.24, 2.45) is 22.4 Å². The summed E-state index contributed by atoms with van der Waals surface area (Å²) in [5, 5.41) is 5.01. The molecule has 0 unspecified atom stereocenters. The number of halogens is 2. The van der Waals surface area contributed by atoms with E-state index in [-0.39, 0.29) is 23.0 Å². The number of methoxy groups -OCH3 is 1. The van der Waals surface area contributed by atoms with E-state index in [1.54, 1.807) is 6.07 Å². The number of hydrogen-bond acceptors (Lipinski definition) is 4. The third kappa shape index (κ3) is 3.41. The Hall–Kier alpha value is -1.67. The van der Waals surface area contributed by atoms with Crippen LogP contribution in [0.4, 0.5) is 8.78 Å². The van der Waals surface area contributed by atoms with Crippen molar-refractivity contribution in [1.29, 1.82) is 0 Å². The van der Waals surface area contributed by atoms with Crippen LogP contribution in [0.5, 0.6) is 11.5 Å². The number of ether oxygens (including phenoxy) is 1. The smallest absolute Gasteiger partial charge is 0.380 e. The molecule has 5 nitrogen and oxygen atoms in total. The number of nitrogens with two attached hydrogens (primary N) is 1. The van der Waals surface area contributed by atoms with Gasteiger partial charge in [-0.3, -0.25) is 0 Å². The molecule has 4 rings (SSSR count). The topological polar surface area (TPSA) is 78.6 Å². The van der Waals surface area contributed by atoms with Gasteiger partial charge in [-0.1, -0.05) is 6.42 Å². The molecule has 0 aliphatic heterocycles. The van der Waals surface area contributed by atoms with Crippen LogP contribution in [0.3, 0.4) is 0 Å². The van der Waals surface area contributed by atoms with E-state index in [0.29, 0.717) is 11.7 Å². The van der Waals surface area contributed by atoms with Crippen molar-refractivity contribution in [2.75, 3.05) is 7.11 Å². The first-order valence-electron chi connectivity index (χ1n) is 9.69. The quantitative estimate of drug-likeness (QED) is 0.799. The van der Waals surface area contributed by atoms with Crippen LogP contribution < -0.4 is 14.1 Å². The van der Waals surface area contributed by atoms with E-state index in [2.05, 4.69) is 0 Å². The van der Waals surface area contributed by atoms with E-state index < -0.39 is 16.4 Å². The van der Waals surface area contributed by atoms with Crippen molar-refractivity contribution < 1.29 is 26.1 Å². The molecule has 0 radical (unpaired) electrons. The first-order chi connectivity index (χ1) is 13.2. The average molecular weight is 413 g/mol. The van der Waals surface area contributed by atoms with Crippen LogP contribution in [-0.2, 0) is 16.7 Å². The van der Waals surface area contributed by atoms with E-state index in [9.17, 15) is 17.2 Å². The second-order valence-corrected chi connectivity index (χ2v) is 9.44. The van der Waals surface area contributed by atoms with Crippen molar-refractivity contribution in [2.45, 2.75) is 50.9 Å². The maximum Gasteiger partial charge on any atom is 0.380 e. The minimum atomic E-state index is -4.15. The fourth-order valence-corrected chi connectivity index (χ4v) is 6.48. The van der Waals surface area contributed by atoms with Crippen LogP contribution in [0.25, 0.3) is 0 Å². The molecule has 154 valence electrons. The molecule has 0 bridgehead atoms. The highest BCUT2D eigenvalue weighted by atomic mass is 32.2. The van der Waals surface area contributed by atoms with E-state index in [4.69, 9.17) is 14.1 Å². The molecule has 0 aromatic heterocycles. The zero-order valence-corrected chi connectivity index (χ0v) is 16.6. The van der Waals surface area contributed by atoms with Crippen molar-refractivity contribution in [1.82, 2.24) is 0 Å². The fourth-order valence-electron chi connectivity index (χ4n) is 6.10.